The van der Waals surface area contributed by atoms with E-state index in [9.17, 15) is 4.79 Å². The number of carbonyl (C=O) groups is 1. The van der Waals surface area contributed by atoms with E-state index in [4.69, 9.17) is 9.47 Å². The number of aromatic nitrogens is 2. The Hall–Kier alpha value is -2.14. The van der Waals surface area contributed by atoms with E-state index in [1.165, 1.54) is 0 Å². The van der Waals surface area contributed by atoms with Crippen LogP contribution in [-0.4, -0.2) is 21.8 Å². The first-order chi connectivity index (χ1) is 10.4. The standard InChI is InChI=1S/C17H22N2O3/c1-12-15(14(19-18-12)11-22-17(2,3)4)16(20)21-10-13-8-6-5-7-9-13/h5-9H,10-11H2,1-4H3,(H,18,19). The van der Waals surface area contributed by atoms with Crippen molar-refractivity contribution >= 4 is 5.97 Å². The molecule has 0 aliphatic carbocycles. The topological polar surface area (TPSA) is 64.2 Å². The summed E-state index contributed by atoms with van der Waals surface area (Å²) in [5.74, 6) is -0.386. The minimum atomic E-state index is -0.386. The first-order valence-corrected chi connectivity index (χ1v) is 7.25. The Bertz CT molecular complexity index is 627. The lowest BCUT2D eigenvalue weighted by molar-refractivity contribution is -0.0171. The van der Waals surface area contributed by atoms with E-state index >= 15 is 0 Å². The number of H-pyrrole nitrogens is 1. The summed E-state index contributed by atoms with van der Waals surface area (Å²) in [5.41, 5.74) is 2.37. The minimum Gasteiger partial charge on any atom is -0.457 e. The van der Waals surface area contributed by atoms with Crippen LogP contribution >= 0.6 is 0 Å². The van der Waals surface area contributed by atoms with Gasteiger partial charge in [0.05, 0.1) is 12.2 Å². The number of aryl methyl sites for hydroxylation is 1. The van der Waals surface area contributed by atoms with Crippen molar-refractivity contribution in [3.8, 4) is 0 Å². The van der Waals surface area contributed by atoms with Gasteiger partial charge in [0.15, 0.2) is 0 Å². The number of benzene rings is 1. The predicted molar refractivity (Wildman–Crippen MR) is 83.4 cm³/mol. The van der Waals surface area contributed by atoms with Crippen LogP contribution in [0, 0.1) is 6.92 Å². The fourth-order valence-electron chi connectivity index (χ4n) is 1.94. The highest BCUT2D eigenvalue weighted by molar-refractivity contribution is 5.91. The molecule has 5 nitrogen and oxygen atoms in total. The number of nitrogens with zero attached hydrogens (tertiary/aromatic N) is 1. The molecule has 0 atom stereocenters. The van der Waals surface area contributed by atoms with Crippen molar-refractivity contribution < 1.29 is 14.3 Å². The molecule has 2 aromatic rings. The van der Waals surface area contributed by atoms with Gasteiger partial charge >= 0.3 is 5.97 Å². The molecule has 0 aliphatic rings. The van der Waals surface area contributed by atoms with Crippen molar-refractivity contribution in [1.82, 2.24) is 10.2 Å². The van der Waals surface area contributed by atoms with E-state index < -0.39 is 0 Å². The molecule has 0 amide bonds. The zero-order valence-electron chi connectivity index (χ0n) is 13.5. The first-order valence-electron chi connectivity index (χ1n) is 7.25. The lowest BCUT2D eigenvalue weighted by Gasteiger charge is -2.18. The van der Waals surface area contributed by atoms with Gasteiger partial charge < -0.3 is 9.47 Å². The quantitative estimate of drug-likeness (QED) is 0.860. The monoisotopic (exact) mass is 302 g/mol. The molecule has 118 valence electrons. The molecule has 0 saturated heterocycles. The summed E-state index contributed by atoms with van der Waals surface area (Å²) < 4.78 is 11.1. The summed E-state index contributed by atoms with van der Waals surface area (Å²) in [5, 5.41) is 6.97. The maximum atomic E-state index is 12.3. The van der Waals surface area contributed by atoms with Crippen LogP contribution in [0.2, 0.25) is 0 Å². The van der Waals surface area contributed by atoms with Gasteiger partial charge in [0.25, 0.3) is 0 Å². The third-order valence-corrected chi connectivity index (χ3v) is 3.08. The number of carbonyl (C=O) groups excluding carboxylic acids is 1. The van der Waals surface area contributed by atoms with Gasteiger partial charge in [-0.2, -0.15) is 5.10 Å². The lowest BCUT2D eigenvalue weighted by Crippen LogP contribution is -2.20. The molecule has 1 heterocycles. The Morgan fingerprint density at radius 3 is 2.50 bits per heavy atom. The van der Waals surface area contributed by atoms with Gasteiger partial charge in [-0.3, -0.25) is 5.10 Å². The van der Waals surface area contributed by atoms with Crippen molar-refractivity contribution in [2.75, 3.05) is 0 Å². The fraction of sp³-hybridized carbons (Fsp3) is 0.412. The highest BCUT2D eigenvalue weighted by Gasteiger charge is 2.21. The molecule has 1 N–H and O–H groups in total. The van der Waals surface area contributed by atoms with E-state index in [1.807, 2.05) is 51.1 Å². The van der Waals surface area contributed by atoms with Crippen molar-refractivity contribution in [1.29, 1.82) is 0 Å². The summed E-state index contributed by atoms with van der Waals surface area (Å²) in [6, 6.07) is 9.58. The Labute approximate surface area is 130 Å². The van der Waals surface area contributed by atoms with E-state index in [1.54, 1.807) is 6.92 Å². The molecule has 0 spiro atoms. The number of rotatable bonds is 5. The van der Waals surface area contributed by atoms with Crippen LogP contribution in [0.3, 0.4) is 0 Å². The highest BCUT2D eigenvalue weighted by atomic mass is 16.5. The number of esters is 1. The van der Waals surface area contributed by atoms with Crippen LogP contribution in [0.4, 0.5) is 0 Å². The third-order valence-electron chi connectivity index (χ3n) is 3.08. The zero-order chi connectivity index (χ0) is 16.2. The summed E-state index contributed by atoms with van der Waals surface area (Å²) in [4.78, 5) is 12.3. The van der Waals surface area contributed by atoms with Crippen molar-refractivity contribution in [2.24, 2.45) is 0 Å². The summed E-state index contributed by atoms with van der Waals surface area (Å²) in [6.07, 6.45) is 0. The largest absolute Gasteiger partial charge is 0.457 e. The van der Waals surface area contributed by atoms with Gasteiger partial charge in [-0.05, 0) is 33.3 Å². The van der Waals surface area contributed by atoms with E-state index in [2.05, 4.69) is 10.2 Å². The molecule has 2 rings (SSSR count). The Morgan fingerprint density at radius 1 is 1.18 bits per heavy atom. The Balaban J connectivity index is 2.04. The molecule has 0 saturated carbocycles. The SMILES string of the molecule is Cc1[nH]nc(COC(C)(C)C)c1C(=O)OCc1ccccc1. The van der Waals surface area contributed by atoms with E-state index in [0.717, 1.165) is 5.56 Å². The van der Waals surface area contributed by atoms with Crippen LogP contribution in [0.15, 0.2) is 30.3 Å². The molecule has 1 aromatic heterocycles. The van der Waals surface area contributed by atoms with Crippen molar-refractivity contribution in [2.45, 2.75) is 46.5 Å². The van der Waals surface area contributed by atoms with Gasteiger partial charge in [0.1, 0.15) is 17.9 Å². The maximum Gasteiger partial charge on any atom is 0.342 e. The average molecular weight is 302 g/mol. The Morgan fingerprint density at radius 2 is 1.86 bits per heavy atom. The van der Waals surface area contributed by atoms with Crippen LogP contribution in [-0.2, 0) is 22.7 Å². The number of nitrogens with one attached hydrogen (secondary N) is 1. The first kappa shape index (κ1) is 16.2. The zero-order valence-corrected chi connectivity index (χ0v) is 13.5. The van der Waals surface area contributed by atoms with Crippen LogP contribution in [0.5, 0.6) is 0 Å². The van der Waals surface area contributed by atoms with E-state index in [0.29, 0.717) is 17.0 Å². The molecular formula is C17H22N2O3. The van der Waals surface area contributed by atoms with Gasteiger partial charge in [-0.25, -0.2) is 4.79 Å². The number of ether oxygens (including phenoxy) is 2. The number of hydrogen-bond acceptors (Lipinski definition) is 4. The third kappa shape index (κ3) is 4.43. The van der Waals surface area contributed by atoms with Gasteiger partial charge in [0, 0.05) is 5.69 Å². The average Bonchev–Trinajstić information content (AvgIpc) is 2.84. The summed E-state index contributed by atoms with van der Waals surface area (Å²) in [6.45, 7) is 8.18. The second-order valence-corrected chi connectivity index (χ2v) is 6.13. The predicted octanol–water partition coefficient (Wildman–Crippen LogP) is 3.39. The molecule has 1 aromatic carbocycles. The maximum absolute atomic E-state index is 12.3. The molecule has 0 bridgehead atoms. The van der Waals surface area contributed by atoms with Crippen LogP contribution in [0.25, 0.3) is 0 Å². The van der Waals surface area contributed by atoms with Crippen molar-refractivity contribution in [3.05, 3.63) is 52.8 Å². The molecule has 0 aliphatic heterocycles. The smallest absolute Gasteiger partial charge is 0.342 e. The van der Waals surface area contributed by atoms with Gasteiger partial charge in [-0.1, -0.05) is 30.3 Å². The van der Waals surface area contributed by atoms with Crippen LogP contribution in [0.1, 0.15) is 48.1 Å². The summed E-state index contributed by atoms with van der Waals surface area (Å²) >= 11 is 0. The van der Waals surface area contributed by atoms with Gasteiger partial charge in [-0.15, -0.1) is 0 Å². The van der Waals surface area contributed by atoms with Crippen molar-refractivity contribution in [3.63, 3.8) is 0 Å². The fourth-order valence-corrected chi connectivity index (χ4v) is 1.94. The normalized spacial score (nSPS) is 11.5. The highest BCUT2D eigenvalue weighted by Crippen LogP contribution is 2.17. The second-order valence-electron chi connectivity index (χ2n) is 6.13. The molecule has 0 unspecified atom stereocenters. The molecule has 22 heavy (non-hydrogen) atoms. The second kappa shape index (κ2) is 6.75. The molecule has 5 heteroatoms. The van der Waals surface area contributed by atoms with E-state index in [-0.39, 0.29) is 24.8 Å². The molecule has 0 fully saturated rings. The number of hydrogen-bond donors (Lipinski definition) is 1. The summed E-state index contributed by atoms with van der Waals surface area (Å²) in [7, 11) is 0. The molecule has 0 radical (unpaired) electrons. The van der Waals surface area contributed by atoms with Crippen LogP contribution < -0.4 is 0 Å². The number of aromatic amines is 1. The lowest BCUT2D eigenvalue weighted by atomic mass is 10.1. The minimum absolute atomic E-state index is 0.240. The van der Waals surface area contributed by atoms with Gasteiger partial charge in [0.2, 0.25) is 0 Å². The molecular weight excluding hydrogens is 280 g/mol. The Kier molecular flexibility index (Phi) is 4.98.